The maximum Gasteiger partial charge on any atom is 0.191 e. The van der Waals surface area contributed by atoms with Crippen LogP contribution in [0.1, 0.15) is 20.8 Å². The Labute approximate surface area is 61.3 Å². The van der Waals surface area contributed by atoms with E-state index in [9.17, 15) is 0 Å². The van der Waals surface area contributed by atoms with Crippen LogP contribution in [-0.2, 0) is 14.2 Å². The molecule has 3 heteroatoms. The van der Waals surface area contributed by atoms with Gasteiger partial charge in [0.1, 0.15) is 6.61 Å². The lowest BCUT2D eigenvalue weighted by Crippen LogP contribution is -2.32. The highest BCUT2D eigenvalue weighted by atomic mass is 16.8. The average Bonchev–Trinajstić information content (AvgIpc) is 2.08. The van der Waals surface area contributed by atoms with Gasteiger partial charge in [-0.25, -0.2) is 0 Å². The number of hydrogen-bond acceptors (Lipinski definition) is 3. The van der Waals surface area contributed by atoms with Crippen molar-refractivity contribution in [3.63, 3.8) is 0 Å². The molecule has 10 heavy (non-hydrogen) atoms. The van der Waals surface area contributed by atoms with E-state index in [2.05, 4.69) is 0 Å². The fourth-order valence-electron chi connectivity index (χ4n) is 0.984. The molecule has 1 heterocycles. The van der Waals surface area contributed by atoms with Crippen molar-refractivity contribution in [1.82, 2.24) is 0 Å². The molecule has 60 valence electrons. The molecule has 0 saturated carbocycles. The first kappa shape index (κ1) is 7.98. The van der Waals surface area contributed by atoms with Crippen molar-refractivity contribution >= 4 is 0 Å². The second kappa shape index (κ2) is 2.19. The Bertz CT molecular complexity index is 133. The molecule has 0 aromatic heterocycles. The van der Waals surface area contributed by atoms with E-state index in [1.807, 2.05) is 20.8 Å². The van der Waals surface area contributed by atoms with Crippen LogP contribution in [0.3, 0.4) is 0 Å². The molecule has 3 nitrogen and oxygen atoms in total. The molecule has 0 aromatic rings. The minimum absolute atomic E-state index is 0.495. The summed E-state index contributed by atoms with van der Waals surface area (Å²) in [5.74, 6) is -1.05. The Morgan fingerprint density at radius 1 is 1.30 bits per heavy atom. The van der Waals surface area contributed by atoms with Gasteiger partial charge in [0.05, 0.1) is 0 Å². The maximum absolute atomic E-state index is 5.44. The van der Waals surface area contributed by atoms with Crippen LogP contribution < -0.4 is 0 Å². The molecular weight excluding hydrogens is 132 g/mol. The fraction of sp³-hybridized carbons (Fsp3) is 1.00. The van der Waals surface area contributed by atoms with Crippen molar-refractivity contribution in [2.24, 2.45) is 0 Å². The first-order valence-corrected chi connectivity index (χ1v) is 3.37. The summed E-state index contributed by atoms with van der Waals surface area (Å²) in [6.07, 6.45) is 0. The first-order valence-electron chi connectivity index (χ1n) is 3.37. The standard InChI is InChI=1S/C7H14O3/c1-6(2)9-5-7(3,8-4)10-6/h5H2,1-4H3/t7-/m1/s1. The monoisotopic (exact) mass is 146 g/mol. The molecule has 0 unspecified atom stereocenters. The summed E-state index contributed by atoms with van der Waals surface area (Å²) >= 11 is 0. The maximum atomic E-state index is 5.44. The average molecular weight is 146 g/mol. The van der Waals surface area contributed by atoms with Gasteiger partial charge >= 0.3 is 0 Å². The minimum Gasteiger partial charge on any atom is -0.351 e. The summed E-state index contributed by atoms with van der Waals surface area (Å²) in [6.45, 7) is 6.10. The molecule has 0 bridgehead atoms. The highest BCUT2D eigenvalue weighted by Gasteiger charge is 2.41. The van der Waals surface area contributed by atoms with Crippen LogP contribution in [0.25, 0.3) is 0 Å². The van der Waals surface area contributed by atoms with Crippen LogP contribution in [0.15, 0.2) is 0 Å². The van der Waals surface area contributed by atoms with Gasteiger partial charge in [0.15, 0.2) is 11.6 Å². The zero-order chi connectivity index (χ0) is 7.83. The summed E-state index contributed by atoms with van der Waals surface area (Å²) in [4.78, 5) is 0. The van der Waals surface area contributed by atoms with Crippen LogP contribution in [0, 0.1) is 0 Å². The molecule has 0 radical (unpaired) electrons. The van der Waals surface area contributed by atoms with Gasteiger partial charge < -0.3 is 14.2 Å². The predicted molar refractivity (Wildman–Crippen MR) is 36.5 cm³/mol. The second-order valence-electron chi connectivity index (χ2n) is 3.13. The summed E-state index contributed by atoms with van der Waals surface area (Å²) in [6, 6.07) is 0. The lowest BCUT2D eigenvalue weighted by molar-refractivity contribution is -0.233. The number of methoxy groups -OCH3 is 1. The molecule has 0 spiro atoms. The lowest BCUT2D eigenvalue weighted by atomic mass is 10.3. The quantitative estimate of drug-likeness (QED) is 0.555. The van der Waals surface area contributed by atoms with E-state index in [1.54, 1.807) is 7.11 Å². The Morgan fingerprint density at radius 3 is 2.10 bits per heavy atom. The summed E-state index contributed by atoms with van der Waals surface area (Å²) in [5.41, 5.74) is 0. The molecule has 1 atom stereocenters. The lowest BCUT2D eigenvalue weighted by Gasteiger charge is -2.22. The van der Waals surface area contributed by atoms with Crippen molar-refractivity contribution in [2.75, 3.05) is 13.7 Å². The zero-order valence-electron chi connectivity index (χ0n) is 6.93. The molecule has 1 aliphatic rings. The van der Waals surface area contributed by atoms with Crippen molar-refractivity contribution in [1.29, 1.82) is 0 Å². The van der Waals surface area contributed by atoms with Gasteiger partial charge in [-0.05, 0) is 20.8 Å². The van der Waals surface area contributed by atoms with Crippen LogP contribution in [0.5, 0.6) is 0 Å². The number of ether oxygens (including phenoxy) is 3. The third-order valence-electron chi connectivity index (χ3n) is 1.58. The minimum atomic E-state index is -0.552. The second-order valence-corrected chi connectivity index (χ2v) is 3.13. The zero-order valence-corrected chi connectivity index (χ0v) is 6.93. The van der Waals surface area contributed by atoms with Crippen LogP contribution in [0.2, 0.25) is 0 Å². The van der Waals surface area contributed by atoms with E-state index in [0.717, 1.165) is 0 Å². The molecule has 1 fully saturated rings. The van der Waals surface area contributed by atoms with Crippen LogP contribution >= 0.6 is 0 Å². The largest absolute Gasteiger partial charge is 0.351 e. The van der Waals surface area contributed by atoms with E-state index in [0.29, 0.717) is 6.61 Å². The predicted octanol–water partition coefficient (Wildman–Crippen LogP) is 1.13. The van der Waals surface area contributed by atoms with E-state index in [4.69, 9.17) is 14.2 Å². The van der Waals surface area contributed by atoms with E-state index >= 15 is 0 Å². The van der Waals surface area contributed by atoms with Crippen molar-refractivity contribution in [3.05, 3.63) is 0 Å². The van der Waals surface area contributed by atoms with Gasteiger partial charge in [-0.3, -0.25) is 0 Å². The van der Waals surface area contributed by atoms with Crippen LogP contribution in [-0.4, -0.2) is 25.3 Å². The molecule has 1 saturated heterocycles. The molecule has 1 aliphatic heterocycles. The normalized spacial score (nSPS) is 38.4. The van der Waals surface area contributed by atoms with Crippen LogP contribution in [0.4, 0.5) is 0 Å². The summed E-state index contributed by atoms with van der Waals surface area (Å²) < 4.78 is 15.8. The first-order chi connectivity index (χ1) is 4.47. The molecule has 1 rings (SSSR count). The van der Waals surface area contributed by atoms with E-state index < -0.39 is 11.6 Å². The van der Waals surface area contributed by atoms with Gasteiger partial charge in [-0.1, -0.05) is 0 Å². The Kier molecular flexibility index (Phi) is 1.75. The Balaban J connectivity index is 2.57. The third kappa shape index (κ3) is 1.48. The van der Waals surface area contributed by atoms with Gasteiger partial charge in [0, 0.05) is 7.11 Å². The summed E-state index contributed by atoms with van der Waals surface area (Å²) in [5, 5.41) is 0. The van der Waals surface area contributed by atoms with Crippen molar-refractivity contribution < 1.29 is 14.2 Å². The Morgan fingerprint density at radius 2 is 1.90 bits per heavy atom. The van der Waals surface area contributed by atoms with Gasteiger partial charge in [0.25, 0.3) is 0 Å². The molecule has 0 N–H and O–H groups in total. The molecule has 0 amide bonds. The van der Waals surface area contributed by atoms with E-state index in [1.165, 1.54) is 0 Å². The van der Waals surface area contributed by atoms with Gasteiger partial charge in [-0.2, -0.15) is 0 Å². The third-order valence-corrected chi connectivity index (χ3v) is 1.58. The number of hydrogen-bond donors (Lipinski definition) is 0. The topological polar surface area (TPSA) is 27.7 Å². The SMILES string of the molecule is CO[C@@]1(C)COC(C)(C)O1. The highest BCUT2D eigenvalue weighted by Crippen LogP contribution is 2.30. The smallest absolute Gasteiger partial charge is 0.191 e. The molecular formula is C7H14O3. The van der Waals surface area contributed by atoms with Crippen molar-refractivity contribution in [2.45, 2.75) is 32.3 Å². The highest BCUT2D eigenvalue weighted by molar-refractivity contribution is 4.74. The van der Waals surface area contributed by atoms with E-state index in [-0.39, 0.29) is 0 Å². The molecule has 0 aromatic carbocycles. The number of rotatable bonds is 1. The van der Waals surface area contributed by atoms with Gasteiger partial charge in [0.2, 0.25) is 0 Å². The van der Waals surface area contributed by atoms with Gasteiger partial charge in [-0.15, -0.1) is 0 Å². The van der Waals surface area contributed by atoms with Crippen molar-refractivity contribution in [3.8, 4) is 0 Å². The fourth-order valence-corrected chi connectivity index (χ4v) is 0.984. The Hall–Kier alpha value is -0.120. The summed E-state index contributed by atoms with van der Waals surface area (Å²) in [7, 11) is 1.62. The molecule has 0 aliphatic carbocycles.